The Morgan fingerprint density at radius 1 is 1.28 bits per heavy atom. The Balaban J connectivity index is 1.38. The molecule has 2 saturated carbocycles. The van der Waals surface area contributed by atoms with Gasteiger partial charge in [-0.3, -0.25) is 4.79 Å². The molecule has 29 heavy (non-hydrogen) atoms. The van der Waals surface area contributed by atoms with E-state index in [4.69, 9.17) is 4.74 Å². The predicted molar refractivity (Wildman–Crippen MR) is 111 cm³/mol. The lowest BCUT2D eigenvalue weighted by Crippen LogP contribution is -2.22. The van der Waals surface area contributed by atoms with E-state index in [9.17, 15) is 10.1 Å². The highest BCUT2D eigenvalue weighted by Gasteiger charge is 2.64. The summed E-state index contributed by atoms with van der Waals surface area (Å²) < 4.78 is 5.92. The van der Waals surface area contributed by atoms with Crippen LogP contribution in [0.5, 0.6) is 5.75 Å². The number of ether oxygens (including phenoxy) is 1. The SMILES string of the molecule is C[C@]12CCCC[C@H]1[C@@H]2C(=O)N/N=C\c1ccccc1OCc1ccccc1C#N. The lowest BCUT2D eigenvalue weighted by Gasteiger charge is -2.15. The van der Waals surface area contributed by atoms with Gasteiger partial charge in [0.2, 0.25) is 5.91 Å². The minimum Gasteiger partial charge on any atom is -0.488 e. The van der Waals surface area contributed by atoms with Gasteiger partial charge >= 0.3 is 0 Å². The van der Waals surface area contributed by atoms with E-state index < -0.39 is 0 Å². The number of nitrogens with zero attached hydrogens (tertiary/aromatic N) is 2. The van der Waals surface area contributed by atoms with Crippen LogP contribution in [0.1, 0.15) is 49.3 Å². The van der Waals surface area contributed by atoms with Crippen LogP contribution in [-0.4, -0.2) is 12.1 Å². The standard InChI is InChI=1S/C24H25N3O2/c1-24-13-7-6-11-20(24)22(24)23(28)27-26-15-18-9-4-5-12-21(18)29-16-19-10-3-2-8-17(19)14-25/h2-5,8-10,12,15,20,22H,6-7,11,13,16H2,1H3,(H,27,28)/b26-15-/t20-,22+,24-/m0/s1. The second kappa shape index (κ2) is 8.08. The second-order valence-electron chi connectivity index (χ2n) is 8.17. The molecule has 2 aliphatic rings. The zero-order valence-corrected chi connectivity index (χ0v) is 16.6. The predicted octanol–water partition coefficient (Wildman–Crippen LogP) is 4.41. The van der Waals surface area contributed by atoms with Crippen LogP contribution in [0.25, 0.3) is 0 Å². The molecule has 0 bridgehead atoms. The van der Waals surface area contributed by atoms with Crippen molar-refractivity contribution in [2.24, 2.45) is 22.4 Å². The highest BCUT2D eigenvalue weighted by atomic mass is 16.5. The molecule has 0 aliphatic heterocycles. The van der Waals surface area contributed by atoms with E-state index in [-0.39, 0.29) is 17.2 Å². The molecule has 0 radical (unpaired) electrons. The van der Waals surface area contributed by atoms with E-state index in [1.54, 1.807) is 12.3 Å². The third kappa shape index (κ3) is 3.88. The van der Waals surface area contributed by atoms with Crippen LogP contribution >= 0.6 is 0 Å². The maximum atomic E-state index is 12.5. The number of carbonyl (C=O) groups is 1. The van der Waals surface area contributed by atoms with Crippen molar-refractivity contribution in [2.45, 2.75) is 39.2 Å². The second-order valence-corrected chi connectivity index (χ2v) is 8.17. The number of carbonyl (C=O) groups excluding carboxylic acids is 1. The number of rotatable bonds is 6. The molecule has 2 fully saturated rings. The lowest BCUT2D eigenvalue weighted by atomic mass is 9.90. The number of nitriles is 1. The molecule has 5 heteroatoms. The average molecular weight is 387 g/mol. The summed E-state index contributed by atoms with van der Waals surface area (Å²) in [6.45, 7) is 2.52. The summed E-state index contributed by atoms with van der Waals surface area (Å²) in [6.07, 6.45) is 6.36. The van der Waals surface area contributed by atoms with Gasteiger partial charge in [-0.05, 0) is 42.4 Å². The molecule has 3 atom stereocenters. The molecule has 5 nitrogen and oxygen atoms in total. The molecule has 1 amide bonds. The van der Waals surface area contributed by atoms with Gasteiger partial charge in [-0.25, -0.2) is 5.43 Å². The van der Waals surface area contributed by atoms with Crippen LogP contribution in [0.4, 0.5) is 0 Å². The molecule has 0 spiro atoms. The van der Waals surface area contributed by atoms with Crippen molar-refractivity contribution >= 4 is 12.1 Å². The van der Waals surface area contributed by atoms with E-state index in [2.05, 4.69) is 23.5 Å². The first-order valence-electron chi connectivity index (χ1n) is 10.2. The summed E-state index contributed by atoms with van der Waals surface area (Å²) >= 11 is 0. The van der Waals surface area contributed by atoms with Crippen molar-refractivity contribution in [2.75, 3.05) is 0 Å². The Bertz CT molecular complexity index is 978. The van der Waals surface area contributed by atoms with Crippen molar-refractivity contribution in [1.29, 1.82) is 5.26 Å². The maximum Gasteiger partial charge on any atom is 0.244 e. The third-order valence-electron chi connectivity index (χ3n) is 6.43. The lowest BCUT2D eigenvalue weighted by molar-refractivity contribution is -0.123. The number of amides is 1. The van der Waals surface area contributed by atoms with Gasteiger partial charge in [-0.2, -0.15) is 10.4 Å². The molecule has 2 aromatic carbocycles. The highest BCUT2D eigenvalue weighted by molar-refractivity contribution is 5.87. The van der Waals surface area contributed by atoms with Gasteiger partial charge in [0.05, 0.1) is 17.8 Å². The van der Waals surface area contributed by atoms with Gasteiger partial charge in [-0.1, -0.05) is 50.1 Å². The van der Waals surface area contributed by atoms with Crippen LogP contribution in [0.3, 0.4) is 0 Å². The first-order valence-corrected chi connectivity index (χ1v) is 10.2. The number of hydrogen-bond donors (Lipinski definition) is 1. The molecule has 0 heterocycles. The third-order valence-corrected chi connectivity index (χ3v) is 6.43. The van der Waals surface area contributed by atoms with Crippen LogP contribution in [-0.2, 0) is 11.4 Å². The van der Waals surface area contributed by atoms with E-state index in [1.165, 1.54) is 12.8 Å². The van der Waals surface area contributed by atoms with Crippen molar-refractivity contribution in [3.05, 3.63) is 65.2 Å². The van der Waals surface area contributed by atoms with Crippen molar-refractivity contribution < 1.29 is 9.53 Å². The fraction of sp³-hybridized carbons (Fsp3) is 0.375. The van der Waals surface area contributed by atoms with Gasteiger partial charge in [-0.15, -0.1) is 0 Å². The van der Waals surface area contributed by atoms with Gasteiger partial charge < -0.3 is 4.74 Å². The number of para-hydroxylation sites is 1. The smallest absolute Gasteiger partial charge is 0.244 e. The number of fused-ring (bicyclic) bond motifs is 1. The summed E-state index contributed by atoms with van der Waals surface area (Å²) in [6, 6.07) is 17.1. The number of nitrogens with one attached hydrogen (secondary N) is 1. The largest absolute Gasteiger partial charge is 0.488 e. The molecule has 4 rings (SSSR count). The highest BCUT2D eigenvalue weighted by Crippen LogP contribution is 2.66. The van der Waals surface area contributed by atoms with Gasteiger partial charge in [0.1, 0.15) is 12.4 Å². The molecular weight excluding hydrogens is 362 g/mol. The molecule has 148 valence electrons. The monoisotopic (exact) mass is 387 g/mol. The minimum atomic E-state index is 0.0250. The summed E-state index contributed by atoms with van der Waals surface area (Å²) in [5.74, 6) is 1.29. The van der Waals surface area contributed by atoms with Crippen molar-refractivity contribution in [3.63, 3.8) is 0 Å². The van der Waals surface area contributed by atoms with E-state index >= 15 is 0 Å². The average Bonchev–Trinajstić information content (AvgIpc) is 3.38. The van der Waals surface area contributed by atoms with E-state index in [0.29, 0.717) is 23.8 Å². The first-order chi connectivity index (χ1) is 14.1. The van der Waals surface area contributed by atoms with E-state index in [0.717, 1.165) is 24.0 Å². The first kappa shape index (κ1) is 19.2. The fourth-order valence-corrected chi connectivity index (χ4v) is 4.71. The quantitative estimate of drug-likeness (QED) is 0.589. The Labute approximate surface area is 171 Å². The molecule has 0 saturated heterocycles. The van der Waals surface area contributed by atoms with E-state index in [1.807, 2.05) is 42.5 Å². The number of hydrazone groups is 1. The fourth-order valence-electron chi connectivity index (χ4n) is 4.71. The van der Waals surface area contributed by atoms with Crippen LogP contribution in [0, 0.1) is 28.6 Å². The van der Waals surface area contributed by atoms with Crippen molar-refractivity contribution in [3.8, 4) is 11.8 Å². The van der Waals surface area contributed by atoms with Crippen LogP contribution in [0.15, 0.2) is 53.6 Å². The normalized spacial score (nSPS) is 25.1. The summed E-state index contributed by atoms with van der Waals surface area (Å²) in [5.41, 5.74) is 5.11. The zero-order valence-electron chi connectivity index (χ0n) is 16.6. The summed E-state index contributed by atoms with van der Waals surface area (Å²) in [4.78, 5) is 12.5. The van der Waals surface area contributed by atoms with Crippen molar-refractivity contribution in [1.82, 2.24) is 5.43 Å². The number of benzene rings is 2. The summed E-state index contributed by atoms with van der Waals surface area (Å²) in [7, 11) is 0. The zero-order chi connectivity index (χ0) is 20.3. The van der Waals surface area contributed by atoms with Gasteiger partial charge in [0, 0.05) is 17.0 Å². The Kier molecular flexibility index (Phi) is 5.35. The topological polar surface area (TPSA) is 74.5 Å². The van der Waals surface area contributed by atoms with Crippen LogP contribution < -0.4 is 10.2 Å². The molecule has 0 unspecified atom stereocenters. The maximum absolute atomic E-state index is 12.5. The molecule has 2 aliphatic carbocycles. The Morgan fingerprint density at radius 3 is 2.86 bits per heavy atom. The van der Waals surface area contributed by atoms with Gasteiger partial charge in [0.25, 0.3) is 0 Å². The molecular formula is C24H25N3O2. The van der Waals surface area contributed by atoms with Crippen LogP contribution in [0.2, 0.25) is 0 Å². The molecule has 1 N–H and O–H groups in total. The molecule has 2 aromatic rings. The summed E-state index contributed by atoms with van der Waals surface area (Å²) in [5, 5.41) is 13.4. The molecule has 0 aromatic heterocycles. The minimum absolute atomic E-state index is 0.0250. The Morgan fingerprint density at radius 2 is 2.07 bits per heavy atom. The number of hydrogen-bond acceptors (Lipinski definition) is 4. The Hall–Kier alpha value is -3.13. The van der Waals surface area contributed by atoms with Gasteiger partial charge in [0.15, 0.2) is 0 Å².